The molecule has 0 N–H and O–H groups in total. The van der Waals surface area contributed by atoms with Crippen LogP contribution in [0.1, 0.15) is 24.3 Å². The monoisotopic (exact) mass is 242 g/mol. The van der Waals surface area contributed by atoms with Crippen LogP contribution in [0.4, 0.5) is 4.39 Å². The van der Waals surface area contributed by atoms with Crippen LogP contribution in [0.5, 0.6) is 0 Å². The fourth-order valence-corrected chi connectivity index (χ4v) is 2.17. The van der Waals surface area contributed by atoms with Crippen LogP contribution in [0.15, 0.2) is 22.7 Å². The smallest absolute Gasteiger partial charge is 0.140 e. The Labute approximate surface area is 84.1 Å². The van der Waals surface area contributed by atoms with Gasteiger partial charge in [0.05, 0.1) is 0 Å². The van der Waals surface area contributed by atoms with Crippen molar-refractivity contribution in [1.82, 2.24) is 0 Å². The van der Waals surface area contributed by atoms with Gasteiger partial charge < -0.3 is 0 Å². The van der Waals surface area contributed by atoms with Gasteiger partial charge in [0.2, 0.25) is 0 Å². The van der Waals surface area contributed by atoms with Gasteiger partial charge in [-0.05, 0) is 18.6 Å². The topological polar surface area (TPSA) is 17.1 Å². The molecule has 1 aromatic rings. The molecule has 1 aliphatic rings. The maximum Gasteiger partial charge on any atom is 0.140 e. The lowest BCUT2D eigenvalue weighted by Gasteiger charge is -2.25. The van der Waals surface area contributed by atoms with Gasteiger partial charge in [0.15, 0.2) is 0 Å². The second kappa shape index (κ2) is 3.22. The van der Waals surface area contributed by atoms with Crippen molar-refractivity contribution in [3.63, 3.8) is 0 Å². The maximum atomic E-state index is 13.3. The number of carbonyl (C=O) groups excluding carboxylic acids is 1. The maximum absolute atomic E-state index is 13.3. The minimum atomic E-state index is -0.285. The minimum Gasteiger partial charge on any atom is -0.299 e. The molecule has 0 aliphatic heterocycles. The summed E-state index contributed by atoms with van der Waals surface area (Å²) in [7, 11) is 0. The number of halogens is 2. The molecule has 68 valence electrons. The Bertz CT molecular complexity index is 342. The van der Waals surface area contributed by atoms with Gasteiger partial charge in [-0.3, -0.25) is 4.79 Å². The Kier molecular flexibility index (Phi) is 2.20. The second-order valence-electron chi connectivity index (χ2n) is 3.19. The van der Waals surface area contributed by atoms with E-state index in [2.05, 4.69) is 15.9 Å². The highest BCUT2D eigenvalue weighted by molar-refractivity contribution is 9.10. The number of benzene rings is 1. The molecule has 0 bridgehead atoms. The molecule has 0 aromatic heterocycles. The van der Waals surface area contributed by atoms with E-state index in [1.807, 2.05) is 0 Å². The summed E-state index contributed by atoms with van der Waals surface area (Å²) in [4.78, 5) is 11.1. The molecule has 1 unspecified atom stereocenters. The number of hydrogen-bond acceptors (Lipinski definition) is 1. The fourth-order valence-electron chi connectivity index (χ4n) is 1.56. The summed E-state index contributed by atoms with van der Waals surface area (Å²) < 4.78 is 14.0. The van der Waals surface area contributed by atoms with Crippen molar-refractivity contribution in [3.05, 3.63) is 34.1 Å². The van der Waals surface area contributed by atoms with Gasteiger partial charge in [-0.25, -0.2) is 4.39 Å². The lowest BCUT2D eigenvalue weighted by molar-refractivity contribution is -0.125. The highest BCUT2D eigenvalue weighted by Gasteiger charge is 2.32. The Morgan fingerprint density at radius 2 is 2.23 bits per heavy atom. The van der Waals surface area contributed by atoms with Crippen molar-refractivity contribution < 1.29 is 9.18 Å². The molecule has 1 aliphatic carbocycles. The summed E-state index contributed by atoms with van der Waals surface area (Å²) >= 11 is 3.26. The van der Waals surface area contributed by atoms with Crippen molar-refractivity contribution in [3.8, 4) is 0 Å². The van der Waals surface area contributed by atoms with E-state index in [4.69, 9.17) is 0 Å². The first-order valence-corrected chi connectivity index (χ1v) is 4.96. The van der Waals surface area contributed by atoms with E-state index in [1.165, 1.54) is 6.07 Å². The zero-order chi connectivity index (χ0) is 9.42. The molecule has 1 aromatic carbocycles. The van der Waals surface area contributed by atoms with E-state index in [1.54, 1.807) is 12.1 Å². The summed E-state index contributed by atoms with van der Waals surface area (Å²) in [5.41, 5.74) is 0.527. The molecule has 0 saturated heterocycles. The van der Waals surface area contributed by atoms with Crippen molar-refractivity contribution in [2.45, 2.75) is 18.8 Å². The molecule has 1 saturated carbocycles. The minimum absolute atomic E-state index is 0.144. The summed E-state index contributed by atoms with van der Waals surface area (Å²) in [6.07, 6.45) is 1.36. The predicted molar refractivity (Wildman–Crippen MR) is 51.1 cm³/mol. The van der Waals surface area contributed by atoms with Gasteiger partial charge in [0.1, 0.15) is 11.6 Å². The lowest BCUT2D eigenvalue weighted by Crippen LogP contribution is -2.24. The van der Waals surface area contributed by atoms with Gasteiger partial charge in [-0.2, -0.15) is 0 Å². The largest absolute Gasteiger partial charge is 0.299 e. The van der Waals surface area contributed by atoms with Crippen LogP contribution < -0.4 is 0 Å². The van der Waals surface area contributed by atoms with Gasteiger partial charge in [-0.15, -0.1) is 0 Å². The lowest BCUT2D eigenvalue weighted by atomic mass is 9.78. The molecule has 1 nitrogen and oxygen atoms in total. The third kappa shape index (κ3) is 1.41. The van der Waals surface area contributed by atoms with E-state index in [9.17, 15) is 9.18 Å². The Balaban J connectivity index is 2.44. The van der Waals surface area contributed by atoms with Crippen molar-refractivity contribution in [2.24, 2.45) is 0 Å². The fraction of sp³-hybridized carbons (Fsp3) is 0.300. The third-order valence-electron chi connectivity index (χ3n) is 2.42. The standard InChI is InChI=1S/C10H8BrFO/c11-7-2-1-3-8(12)10(7)6-4-5-9(6)13/h1-3,6H,4-5H2. The zero-order valence-electron chi connectivity index (χ0n) is 6.89. The van der Waals surface area contributed by atoms with Crippen LogP contribution in [-0.2, 0) is 4.79 Å². The molecule has 0 heterocycles. The molecule has 2 rings (SSSR count). The molecule has 1 fully saturated rings. The molecular formula is C10H8BrFO. The molecule has 1 atom stereocenters. The van der Waals surface area contributed by atoms with E-state index < -0.39 is 0 Å². The number of Topliss-reactive ketones (excluding diaryl/α,β-unsaturated/α-hetero) is 1. The van der Waals surface area contributed by atoms with Gasteiger partial charge in [-0.1, -0.05) is 22.0 Å². The normalized spacial score (nSPS) is 21.4. The highest BCUT2D eigenvalue weighted by Crippen LogP contribution is 2.38. The van der Waals surface area contributed by atoms with Crippen LogP contribution in [0, 0.1) is 5.82 Å². The average molecular weight is 243 g/mol. The van der Waals surface area contributed by atoms with E-state index >= 15 is 0 Å². The van der Waals surface area contributed by atoms with Crippen LogP contribution in [-0.4, -0.2) is 5.78 Å². The average Bonchev–Trinajstić information content (AvgIpc) is 2.09. The predicted octanol–water partition coefficient (Wildman–Crippen LogP) is 3.03. The summed E-state index contributed by atoms with van der Waals surface area (Å²) in [6, 6.07) is 4.79. The molecule has 0 amide bonds. The summed E-state index contributed by atoms with van der Waals surface area (Å²) in [6.45, 7) is 0. The summed E-state index contributed by atoms with van der Waals surface area (Å²) in [5, 5.41) is 0. The van der Waals surface area contributed by atoms with E-state index in [-0.39, 0.29) is 17.5 Å². The van der Waals surface area contributed by atoms with Crippen molar-refractivity contribution in [2.75, 3.05) is 0 Å². The SMILES string of the molecule is O=C1CCC1c1c(F)cccc1Br. The molecule has 3 heteroatoms. The summed E-state index contributed by atoms with van der Waals surface area (Å²) in [5.74, 6) is -0.353. The first-order valence-electron chi connectivity index (χ1n) is 4.17. The van der Waals surface area contributed by atoms with Gasteiger partial charge in [0.25, 0.3) is 0 Å². The Morgan fingerprint density at radius 1 is 1.46 bits per heavy atom. The quantitative estimate of drug-likeness (QED) is 0.740. The Hall–Kier alpha value is -0.700. The first kappa shape index (κ1) is 8.88. The van der Waals surface area contributed by atoms with E-state index in [0.29, 0.717) is 16.5 Å². The van der Waals surface area contributed by atoms with Crippen LogP contribution in [0.2, 0.25) is 0 Å². The number of hydrogen-bond donors (Lipinski definition) is 0. The van der Waals surface area contributed by atoms with E-state index in [0.717, 1.165) is 6.42 Å². The zero-order valence-corrected chi connectivity index (χ0v) is 8.47. The number of rotatable bonds is 1. The van der Waals surface area contributed by atoms with Gasteiger partial charge >= 0.3 is 0 Å². The van der Waals surface area contributed by atoms with Crippen molar-refractivity contribution in [1.29, 1.82) is 0 Å². The molecule has 0 spiro atoms. The van der Waals surface area contributed by atoms with Crippen LogP contribution in [0.3, 0.4) is 0 Å². The first-order chi connectivity index (χ1) is 6.20. The molecule has 0 radical (unpaired) electrons. The molecule has 13 heavy (non-hydrogen) atoms. The number of ketones is 1. The number of carbonyl (C=O) groups is 1. The Morgan fingerprint density at radius 3 is 2.69 bits per heavy atom. The van der Waals surface area contributed by atoms with Gasteiger partial charge in [0, 0.05) is 22.4 Å². The van der Waals surface area contributed by atoms with Crippen LogP contribution in [0.25, 0.3) is 0 Å². The third-order valence-corrected chi connectivity index (χ3v) is 3.11. The van der Waals surface area contributed by atoms with Crippen molar-refractivity contribution >= 4 is 21.7 Å². The second-order valence-corrected chi connectivity index (χ2v) is 4.05. The van der Waals surface area contributed by atoms with Crippen LogP contribution >= 0.6 is 15.9 Å². The molecular weight excluding hydrogens is 235 g/mol. The highest BCUT2D eigenvalue weighted by atomic mass is 79.9.